The van der Waals surface area contributed by atoms with E-state index in [9.17, 15) is 31.6 Å². The van der Waals surface area contributed by atoms with E-state index >= 15 is 0 Å². The lowest BCUT2D eigenvalue weighted by Gasteiger charge is -2.25. The molecule has 3 aromatic rings. The normalized spacial score (nSPS) is 12.0. The summed E-state index contributed by atoms with van der Waals surface area (Å²) in [4.78, 5) is 22.1. The molecule has 0 bridgehead atoms. The van der Waals surface area contributed by atoms with Gasteiger partial charge in [-0.1, -0.05) is 54.1 Å². The third-order valence-corrected chi connectivity index (χ3v) is 7.38. The first kappa shape index (κ1) is 33.8. The maximum Gasteiger partial charge on any atom is 0.490 e. The molecular formula is C27H25ClF3N5O5S. The second-order valence-corrected chi connectivity index (χ2v) is 11.2. The molecule has 0 aliphatic heterocycles. The number of amides is 1. The highest BCUT2D eigenvalue weighted by Gasteiger charge is 2.38. The van der Waals surface area contributed by atoms with Gasteiger partial charge in [-0.05, 0) is 41.8 Å². The van der Waals surface area contributed by atoms with E-state index < -0.39 is 34.1 Å². The topological polar surface area (TPSA) is 177 Å². The molecule has 222 valence electrons. The molecule has 5 N–H and O–H groups in total. The molecular weight excluding hydrogens is 599 g/mol. The molecule has 0 aliphatic rings. The molecule has 0 heterocycles. The number of hydrogen-bond donors (Lipinski definition) is 4. The number of carboxylic acid groups (broad SMARTS) is 1. The number of alkyl halides is 3. The number of nitriles is 1. The van der Waals surface area contributed by atoms with Crippen molar-refractivity contribution in [3.63, 3.8) is 0 Å². The molecule has 42 heavy (non-hydrogen) atoms. The van der Waals surface area contributed by atoms with Gasteiger partial charge >= 0.3 is 12.1 Å². The lowest BCUT2D eigenvalue weighted by atomic mass is 10.00. The number of benzene rings is 3. The highest BCUT2D eigenvalue weighted by atomic mass is 35.5. The average Bonchev–Trinajstić information content (AvgIpc) is 2.91. The fourth-order valence-electron chi connectivity index (χ4n) is 3.54. The standard InChI is InChI=1S/C25H24ClN5O3S.C2HF3O2/c1-31(35(2,33)34)23(14-16-5-3-6-18(13-16)24(28)29)25(32)30-19-11-9-17(10-12-19)20-7-4-8-22(26)21(20)15-27;3-2(4,5)1(6)7/h3-13,23H,14H2,1-2H3,(H3,28,29)(H,30,32);(H,6,7)/t23-;/m0./s1. The molecule has 0 saturated heterocycles. The number of nitrogen functional groups attached to an aromatic ring is 1. The van der Waals surface area contributed by atoms with Gasteiger partial charge in [-0.2, -0.15) is 22.7 Å². The Balaban J connectivity index is 0.000000782. The van der Waals surface area contributed by atoms with Gasteiger partial charge in [-0.3, -0.25) is 10.2 Å². The Morgan fingerprint density at radius 2 is 1.71 bits per heavy atom. The second-order valence-electron chi connectivity index (χ2n) is 8.76. The minimum Gasteiger partial charge on any atom is -0.475 e. The van der Waals surface area contributed by atoms with Crippen molar-refractivity contribution in [2.75, 3.05) is 18.6 Å². The van der Waals surface area contributed by atoms with E-state index in [2.05, 4.69) is 11.4 Å². The molecule has 0 spiro atoms. The maximum absolute atomic E-state index is 13.2. The van der Waals surface area contributed by atoms with Crippen LogP contribution in [0.4, 0.5) is 18.9 Å². The van der Waals surface area contributed by atoms with Crippen molar-refractivity contribution in [3.8, 4) is 17.2 Å². The van der Waals surface area contributed by atoms with Crippen LogP contribution < -0.4 is 11.1 Å². The van der Waals surface area contributed by atoms with Crippen LogP contribution in [0.15, 0.2) is 66.7 Å². The molecule has 0 radical (unpaired) electrons. The van der Waals surface area contributed by atoms with Gasteiger partial charge in [0, 0.05) is 23.9 Å². The van der Waals surface area contributed by atoms with Gasteiger partial charge in [0.2, 0.25) is 15.9 Å². The van der Waals surface area contributed by atoms with Crippen molar-refractivity contribution in [2.45, 2.75) is 18.6 Å². The third-order valence-electron chi connectivity index (χ3n) is 5.76. The minimum absolute atomic E-state index is 0.0860. The fraction of sp³-hybridized carbons (Fsp3) is 0.185. The first-order valence-electron chi connectivity index (χ1n) is 11.7. The molecule has 0 unspecified atom stereocenters. The van der Waals surface area contributed by atoms with Crippen molar-refractivity contribution < 1.29 is 36.3 Å². The number of nitrogens with zero attached hydrogens (tertiary/aromatic N) is 2. The molecule has 0 aliphatic carbocycles. The molecule has 0 fully saturated rings. The van der Waals surface area contributed by atoms with E-state index in [1.165, 1.54) is 7.05 Å². The predicted octanol–water partition coefficient (Wildman–Crippen LogP) is 4.24. The first-order valence-corrected chi connectivity index (χ1v) is 13.9. The van der Waals surface area contributed by atoms with Crippen molar-refractivity contribution >= 4 is 45.0 Å². The number of aliphatic carboxylic acids is 1. The molecule has 15 heteroatoms. The molecule has 3 aromatic carbocycles. The summed E-state index contributed by atoms with van der Waals surface area (Å²) in [6.07, 6.45) is -3.96. The number of likely N-dealkylation sites (N-methyl/N-ethyl adjacent to an activating group) is 1. The Morgan fingerprint density at radius 1 is 1.14 bits per heavy atom. The van der Waals surface area contributed by atoms with E-state index in [0.29, 0.717) is 33.0 Å². The van der Waals surface area contributed by atoms with Crippen LogP contribution in [-0.2, 0) is 26.0 Å². The predicted molar refractivity (Wildman–Crippen MR) is 151 cm³/mol. The zero-order valence-electron chi connectivity index (χ0n) is 22.1. The van der Waals surface area contributed by atoms with Gasteiger partial charge in [0.1, 0.15) is 17.9 Å². The SMILES string of the molecule is CN([C@@H](Cc1cccc(C(=N)N)c1)C(=O)Nc1ccc(-c2cccc(Cl)c2C#N)cc1)S(C)(=O)=O.O=C(O)C(F)(F)F. The van der Waals surface area contributed by atoms with Crippen LogP contribution in [0.25, 0.3) is 11.1 Å². The number of carbonyl (C=O) groups is 2. The van der Waals surface area contributed by atoms with E-state index in [0.717, 1.165) is 16.1 Å². The number of hydrogen-bond acceptors (Lipinski definition) is 6. The molecule has 1 amide bonds. The molecule has 0 saturated carbocycles. The van der Waals surface area contributed by atoms with Crippen LogP contribution in [0.5, 0.6) is 0 Å². The van der Waals surface area contributed by atoms with Crippen LogP contribution in [-0.4, -0.2) is 61.1 Å². The average molecular weight is 624 g/mol. The number of sulfonamides is 1. The fourth-order valence-corrected chi connectivity index (χ4v) is 4.39. The van der Waals surface area contributed by atoms with Gasteiger partial charge in [-0.25, -0.2) is 13.2 Å². The zero-order chi connectivity index (χ0) is 31.8. The van der Waals surface area contributed by atoms with E-state index in [1.54, 1.807) is 66.7 Å². The number of carboxylic acids is 1. The highest BCUT2D eigenvalue weighted by Crippen LogP contribution is 2.29. The smallest absolute Gasteiger partial charge is 0.475 e. The third kappa shape index (κ3) is 9.30. The molecule has 0 aromatic heterocycles. The Bertz CT molecular complexity index is 1620. The summed E-state index contributed by atoms with van der Waals surface area (Å²) in [6, 6.07) is 19.8. The number of amidine groups is 1. The number of rotatable bonds is 8. The van der Waals surface area contributed by atoms with Gasteiger partial charge in [0.05, 0.1) is 16.8 Å². The van der Waals surface area contributed by atoms with Gasteiger partial charge in [0.15, 0.2) is 0 Å². The maximum atomic E-state index is 13.2. The highest BCUT2D eigenvalue weighted by molar-refractivity contribution is 7.88. The van der Waals surface area contributed by atoms with Crippen LogP contribution in [0.2, 0.25) is 5.02 Å². The summed E-state index contributed by atoms with van der Waals surface area (Å²) < 4.78 is 57.2. The van der Waals surface area contributed by atoms with Crippen molar-refractivity contribution in [2.24, 2.45) is 5.73 Å². The number of nitrogens with one attached hydrogen (secondary N) is 2. The van der Waals surface area contributed by atoms with Gasteiger partial charge in [0.25, 0.3) is 0 Å². The minimum atomic E-state index is -5.08. The van der Waals surface area contributed by atoms with E-state index in [4.69, 9.17) is 32.6 Å². The van der Waals surface area contributed by atoms with Crippen LogP contribution >= 0.6 is 11.6 Å². The summed E-state index contributed by atoms with van der Waals surface area (Å²) in [6.45, 7) is 0. The van der Waals surface area contributed by atoms with E-state index in [-0.39, 0.29) is 12.3 Å². The number of carbonyl (C=O) groups excluding carboxylic acids is 1. The Labute approximate surface area is 244 Å². The Hall–Kier alpha value is -4.45. The monoisotopic (exact) mass is 623 g/mol. The number of halogens is 4. The number of anilines is 1. The summed E-state index contributed by atoms with van der Waals surface area (Å²) in [5.41, 5.74) is 8.93. The van der Waals surface area contributed by atoms with Gasteiger partial charge < -0.3 is 16.2 Å². The second kappa shape index (κ2) is 13.9. The number of nitrogens with two attached hydrogens (primary N) is 1. The zero-order valence-corrected chi connectivity index (χ0v) is 23.7. The largest absolute Gasteiger partial charge is 0.490 e. The first-order chi connectivity index (χ1) is 19.4. The summed E-state index contributed by atoms with van der Waals surface area (Å²) in [5.74, 6) is -3.39. The summed E-state index contributed by atoms with van der Waals surface area (Å²) in [7, 11) is -2.33. The lowest BCUT2D eigenvalue weighted by molar-refractivity contribution is -0.192. The van der Waals surface area contributed by atoms with Crippen LogP contribution in [0, 0.1) is 16.7 Å². The van der Waals surface area contributed by atoms with Crippen LogP contribution in [0.1, 0.15) is 16.7 Å². The van der Waals surface area contributed by atoms with Crippen molar-refractivity contribution in [3.05, 3.63) is 88.4 Å². The van der Waals surface area contributed by atoms with Gasteiger partial charge in [-0.15, -0.1) is 0 Å². The molecule has 3 rings (SSSR count). The van der Waals surface area contributed by atoms with Crippen molar-refractivity contribution in [1.29, 1.82) is 10.7 Å². The Kier molecular flexibility index (Phi) is 11.2. The Morgan fingerprint density at radius 3 is 2.21 bits per heavy atom. The molecule has 10 nitrogen and oxygen atoms in total. The summed E-state index contributed by atoms with van der Waals surface area (Å²) in [5, 5.41) is 27.3. The van der Waals surface area contributed by atoms with Crippen LogP contribution in [0.3, 0.4) is 0 Å². The summed E-state index contributed by atoms with van der Waals surface area (Å²) >= 11 is 6.12. The van der Waals surface area contributed by atoms with Crippen molar-refractivity contribution in [1.82, 2.24) is 4.31 Å². The van der Waals surface area contributed by atoms with E-state index in [1.807, 2.05) is 0 Å². The quantitative estimate of drug-likeness (QED) is 0.214. The molecule has 1 atom stereocenters. The lowest BCUT2D eigenvalue weighted by Crippen LogP contribution is -2.46.